The van der Waals surface area contributed by atoms with Crippen molar-refractivity contribution < 1.29 is 17.9 Å². The Morgan fingerprint density at radius 2 is 1.86 bits per heavy atom. The molecule has 0 bridgehead atoms. The molecule has 1 aromatic carbocycles. The molecule has 0 saturated carbocycles. The van der Waals surface area contributed by atoms with Gasteiger partial charge in [0.2, 0.25) is 5.88 Å². The fourth-order valence-electron chi connectivity index (χ4n) is 1.62. The molecule has 0 fully saturated rings. The molecule has 21 heavy (non-hydrogen) atoms. The number of hydrogen-bond acceptors (Lipinski definition) is 3. The number of ether oxygens (including phenoxy) is 1. The summed E-state index contributed by atoms with van der Waals surface area (Å²) in [6, 6.07) is 8.57. The lowest BCUT2D eigenvalue weighted by atomic mass is 10.2. The van der Waals surface area contributed by atoms with Crippen LogP contribution in [0.2, 0.25) is 0 Å². The molecule has 0 atom stereocenters. The number of halogens is 4. The fraction of sp³-hybridized carbons (Fsp3) is 0.214. The molecule has 0 spiro atoms. The Morgan fingerprint density at radius 3 is 2.43 bits per heavy atom. The lowest BCUT2D eigenvalue weighted by molar-refractivity contribution is -0.137. The summed E-state index contributed by atoms with van der Waals surface area (Å²) < 4.78 is 44.8. The normalized spacial score (nSPS) is 11.3. The van der Waals surface area contributed by atoms with Crippen molar-refractivity contribution >= 4 is 21.7 Å². The first kappa shape index (κ1) is 15.6. The first-order chi connectivity index (χ1) is 9.88. The maximum atomic E-state index is 12.9. The number of pyridine rings is 1. The lowest BCUT2D eigenvalue weighted by Crippen LogP contribution is -2.08. The summed E-state index contributed by atoms with van der Waals surface area (Å²) in [5.74, 6) is 0.426. The number of hydrogen-bond donors (Lipinski definition) is 1. The summed E-state index contributed by atoms with van der Waals surface area (Å²) in [4.78, 5) is 4.01. The highest BCUT2D eigenvalue weighted by molar-refractivity contribution is 9.10. The third-order valence-corrected chi connectivity index (χ3v) is 3.05. The van der Waals surface area contributed by atoms with E-state index in [1.807, 2.05) is 0 Å². The monoisotopic (exact) mass is 360 g/mol. The van der Waals surface area contributed by atoms with E-state index in [9.17, 15) is 13.2 Å². The van der Waals surface area contributed by atoms with Crippen molar-refractivity contribution in [3.63, 3.8) is 0 Å². The lowest BCUT2D eigenvalue weighted by Gasteiger charge is -2.12. The summed E-state index contributed by atoms with van der Waals surface area (Å²) in [5, 5.41) is 2.76. The topological polar surface area (TPSA) is 34.1 Å². The van der Waals surface area contributed by atoms with Crippen LogP contribution in [0.5, 0.6) is 11.6 Å². The number of rotatable bonds is 4. The zero-order chi connectivity index (χ0) is 15.5. The van der Waals surface area contributed by atoms with Crippen LogP contribution in [0.25, 0.3) is 0 Å². The summed E-state index contributed by atoms with van der Waals surface area (Å²) in [7, 11) is 0. The van der Waals surface area contributed by atoms with Gasteiger partial charge in [-0.05, 0) is 37.3 Å². The third kappa shape index (κ3) is 4.35. The van der Waals surface area contributed by atoms with Gasteiger partial charge in [-0.15, -0.1) is 0 Å². The molecule has 0 aliphatic rings. The van der Waals surface area contributed by atoms with Crippen LogP contribution in [-0.2, 0) is 6.18 Å². The predicted octanol–water partition coefficient (Wildman–Crippen LogP) is 5.09. The van der Waals surface area contributed by atoms with Gasteiger partial charge in [0.05, 0.1) is 5.56 Å². The van der Waals surface area contributed by atoms with Crippen LogP contribution >= 0.6 is 15.9 Å². The minimum Gasteiger partial charge on any atom is -0.439 e. The molecule has 1 N–H and O–H groups in total. The van der Waals surface area contributed by atoms with Gasteiger partial charge in [0.1, 0.15) is 11.6 Å². The molecular formula is C14H12BrF3N2O. The summed E-state index contributed by atoms with van der Waals surface area (Å²) >= 11 is 3.27. The van der Waals surface area contributed by atoms with E-state index in [4.69, 9.17) is 4.74 Å². The Morgan fingerprint density at radius 1 is 1.19 bits per heavy atom. The number of aromatic nitrogens is 1. The number of anilines is 1. The van der Waals surface area contributed by atoms with Crippen molar-refractivity contribution in [1.82, 2.24) is 4.98 Å². The van der Waals surface area contributed by atoms with Crippen LogP contribution in [0, 0.1) is 0 Å². The first-order valence-electron chi connectivity index (χ1n) is 6.15. The molecule has 0 saturated heterocycles. The SMILES string of the molecule is CCNc1cc(C(F)(F)F)cc(Oc2ccc(Br)cc2)n1. The average Bonchev–Trinajstić information content (AvgIpc) is 2.41. The van der Waals surface area contributed by atoms with Crippen molar-refractivity contribution in [2.24, 2.45) is 0 Å². The second kappa shape index (κ2) is 6.34. The highest BCUT2D eigenvalue weighted by atomic mass is 79.9. The van der Waals surface area contributed by atoms with Crippen molar-refractivity contribution in [1.29, 1.82) is 0 Å². The highest BCUT2D eigenvalue weighted by Gasteiger charge is 2.32. The van der Waals surface area contributed by atoms with Gasteiger partial charge in [-0.2, -0.15) is 18.2 Å². The molecule has 2 aromatic rings. The van der Waals surface area contributed by atoms with E-state index >= 15 is 0 Å². The summed E-state index contributed by atoms with van der Waals surface area (Å²) in [5.41, 5.74) is -0.805. The Kier molecular flexibility index (Phi) is 4.72. The van der Waals surface area contributed by atoms with E-state index in [1.165, 1.54) is 0 Å². The molecule has 7 heteroatoms. The Balaban J connectivity index is 2.33. The second-order valence-electron chi connectivity index (χ2n) is 4.16. The van der Waals surface area contributed by atoms with Gasteiger partial charge >= 0.3 is 6.18 Å². The molecule has 1 heterocycles. The molecule has 0 aliphatic heterocycles. The molecular weight excluding hydrogens is 349 g/mol. The van der Waals surface area contributed by atoms with Crippen LogP contribution in [0.4, 0.5) is 19.0 Å². The van der Waals surface area contributed by atoms with Gasteiger partial charge in [-0.25, -0.2) is 0 Å². The average molecular weight is 361 g/mol. The van der Waals surface area contributed by atoms with Crippen molar-refractivity contribution in [3.8, 4) is 11.6 Å². The van der Waals surface area contributed by atoms with E-state index in [0.29, 0.717) is 12.3 Å². The van der Waals surface area contributed by atoms with Crippen molar-refractivity contribution in [2.45, 2.75) is 13.1 Å². The Hall–Kier alpha value is -1.76. The molecule has 3 nitrogen and oxygen atoms in total. The van der Waals surface area contributed by atoms with E-state index in [-0.39, 0.29) is 11.7 Å². The maximum absolute atomic E-state index is 12.9. The van der Waals surface area contributed by atoms with Gasteiger partial charge in [0.25, 0.3) is 0 Å². The second-order valence-corrected chi connectivity index (χ2v) is 5.08. The zero-order valence-corrected chi connectivity index (χ0v) is 12.6. The third-order valence-electron chi connectivity index (χ3n) is 2.52. The summed E-state index contributed by atoms with van der Waals surface area (Å²) in [6.07, 6.45) is -4.45. The molecule has 0 radical (unpaired) electrons. The zero-order valence-electron chi connectivity index (χ0n) is 11.0. The van der Waals surface area contributed by atoms with Gasteiger partial charge < -0.3 is 10.1 Å². The fourth-order valence-corrected chi connectivity index (χ4v) is 1.88. The van der Waals surface area contributed by atoms with Gasteiger partial charge in [0.15, 0.2) is 0 Å². The summed E-state index contributed by atoms with van der Waals surface area (Å²) in [6.45, 7) is 2.24. The molecule has 0 aliphatic carbocycles. The number of nitrogens with zero attached hydrogens (tertiary/aromatic N) is 1. The minimum atomic E-state index is -4.45. The van der Waals surface area contributed by atoms with Gasteiger partial charge in [0, 0.05) is 17.1 Å². The van der Waals surface area contributed by atoms with Gasteiger partial charge in [-0.3, -0.25) is 0 Å². The highest BCUT2D eigenvalue weighted by Crippen LogP contribution is 2.33. The molecule has 2 rings (SSSR count). The first-order valence-corrected chi connectivity index (χ1v) is 6.94. The van der Waals surface area contributed by atoms with Crippen LogP contribution < -0.4 is 10.1 Å². The van der Waals surface area contributed by atoms with Crippen LogP contribution in [0.3, 0.4) is 0 Å². The van der Waals surface area contributed by atoms with E-state index in [0.717, 1.165) is 16.6 Å². The quantitative estimate of drug-likeness (QED) is 0.824. The number of alkyl halides is 3. The van der Waals surface area contributed by atoms with E-state index in [1.54, 1.807) is 31.2 Å². The van der Waals surface area contributed by atoms with E-state index < -0.39 is 11.7 Å². The van der Waals surface area contributed by atoms with E-state index in [2.05, 4.69) is 26.2 Å². The van der Waals surface area contributed by atoms with Crippen molar-refractivity contribution in [3.05, 3.63) is 46.4 Å². The standard InChI is InChI=1S/C14H12BrF3N2O/c1-2-19-12-7-9(14(16,17)18)8-13(20-12)21-11-5-3-10(15)4-6-11/h3-8H,2H2,1H3,(H,19,20). The molecule has 112 valence electrons. The van der Waals surface area contributed by atoms with Crippen LogP contribution in [0.1, 0.15) is 12.5 Å². The maximum Gasteiger partial charge on any atom is 0.416 e. The predicted molar refractivity (Wildman–Crippen MR) is 77.6 cm³/mol. The Bertz CT molecular complexity index is 615. The molecule has 0 amide bonds. The number of nitrogens with one attached hydrogen (secondary N) is 1. The minimum absolute atomic E-state index is 0.108. The van der Waals surface area contributed by atoms with Crippen LogP contribution in [-0.4, -0.2) is 11.5 Å². The van der Waals surface area contributed by atoms with Crippen LogP contribution in [0.15, 0.2) is 40.9 Å². The largest absolute Gasteiger partial charge is 0.439 e. The van der Waals surface area contributed by atoms with Gasteiger partial charge in [-0.1, -0.05) is 15.9 Å². The molecule has 0 unspecified atom stereocenters. The van der Waals surface area contributed by atoms with Crippen molar-refractivity contribution in [2.75, 3.05) is 11.9 Å². The Labute approximate surface area is 128 Å². The smallest absolute Gasteiger partial charge is 0.416 e. The number of benzene rings is 1. The molecule has 1 aromatic heterocycles.